The maximum atomic E-state index is 13.1. The summed E-state index contributed by atoms with van der Waals surface area (Å²) in [6.07, 6.45) is 1.54. The number of nitrogens with zero attached hydrogens (tertiary/aromatic N) is 1. The molecule has 0 radical (unpaired) electrons. The number of aromatic nitrogens is 1. The predicted octanol–water partition coefficient (Wildman–Crippen LogP) is 5.82. The fourth-order valence-corrected chi connectivity index (χ4v) is 3.43. The maximum Gasteiger partial charge on any atom is 0.329 e. The molecule has 4 rings (SSSR count). The van der Waals surface area contributed by atoms with Crippen molar-refractivity contribution >= 4 is 45.9 Å². The van der Waals surface area contributed by atoms with E-state index in [0.717, 1.165) is 11.1 Å². The summed E-state index contributed by atoms with van der Waals surface area (Å²) in [6.45, 7) is 1.31. The van der Waals surface area contributed by atoms with Gasteiger partial charge in [-0.05, 0) is 59.7 Å². The Kier molecular flexibility index (Phi) is 5.14. The van der Waals surface area contributed by atoms with Crippen LogP contribution in [0.25, 0.3) is 22.0 Å². The highest BCUT2D eigenvalue weighted by Crippen LogP contribution is 2.30. The number of benzene rings is 3. The van der Waals surface area contributed by atoms with Crippen LogP contribution in [-0.4, -0.2) is 16.5 Å². The van der Waals surface area contributed by atoms with Crippen molar-refractivity contribution in [2.24, 2.45) is 0 Å². The van der Waals surface area contributed by atoms with Gasteiger partial charge in [0.2, 0.25) is 0 Å². The van der Waals surface area contributed by atoms with Gasteiger partial charge < -0.3 is 4.84 Å². The van der Waals surface area contributed by atoms with E-state index in [1.807, 2.05) is 42.5 Å². The van der Waals surface area contributed by atoms with Gasteiger partial charge in [0.05, 0.1) is 17.3 Å². The highest BCUT2D eigenvalue weighted by Gasteiger charge is 2.19. The molecule has 0 spiro atoms. The minimum atomic E-state index is -0.478. The quantitative estimate of drug-likeness (QED) is 0.388. The number of rotatable bonds is 4. The second-order valence-electron chi connectivity index (χ2n) is 6.53. The summed E-state index contributed by atoms with van der Waals surface area (Å²) < 4.78 is 1.33. The average Bonchev–Trinajstić information content (AvgIpc) is 3.05. The lowest BCUT2D eigenvalue weighted by Crippen LogP contribution is -2.15. The highest BCUT2D eigenvalue weighted by atomic mass is 35.5. The molecule has 0 saturated heterocycles. The van der Waals surface area contributed by atoms with E-state index in [-0.39, 0.29) is 5.78 Å². The van der Waals surface area contributed by atoms with E-state index in [4.69, 9.17) is 28.0 Å². The molecule has 0 bridgehead atoms. The van der Waals surface area contributed by atoms with Crippen LogP contribution in [0.15, 0.2) is 72.9 Å². The Morgan fingerprint density at radius 1 is 0.828 bits per heavy atom. The number of carbonyl (C=O) groups excluding carboxylic acids is 2. The Labute approximate surface area is 177 Å². The molecule has 4 aromatic rings. The summed E-state index contributed by atoms with van der Waals surface area (Å²) in [5.41, 5.74) is 3.42. The topological polar surface area (TPSA) is 48.3 Å². The zero-order chi connectivity index (χ0) is 20.5. The summed E-state index contributed by atoms with van der Waals surface area (Å²) in [6, 6.07) is 19.7. The summed E-state index contributed by atoms with van der Waals surface area (Å²) in [5.74, 6) is -0.667. The first-order valence-corrected chi connectivity index (χ1v) is 9.58. The summed E-state index contributed by atoms with van der Waals surface area (Å²) >= 11 is 11.9. The van der Waals surface area contributed by atoms with E-state index in [1.165, 1.54) is 17.9 Å². The number of ketones is 1. The molecular weight excluding hydrogens is 409 g/mol. The van der Waals surface area contributed by atoms with Gasteiger partial charge in [-0.2, -0.15) is 4.73 Å². The predicted molar refractivity (Wildman–Crippen MR) is 115 cm³/mol. The Hall–Kier alpha value is -3.08. The zero-order valence-electron chi connectivity index (χ0n) is 15.4. The van der Waals surface area contributed by atoms with E-state index in [9.17, 15) is 9.59 Å². The summed E-state index contributed by atoms with van der Waals surface area (Å²) in [7, 11) is 0. The Balaban J connectivity index is 1.88. The minimum Gasteiger partial charge on any atom is -0.337 e. The van der Waals surface area contributed by atoms with Crippen molar-refractivity contribution in [3.63, 3.8) is 0 Å². The largest absolute Gasteiger partial charge is 0.337 e. The summed E-state index contributed by atoms with van der Waals surface area (Å²) in [5, 5.41) is 1.88. The van der Waals surface area contributed by atoms with Gasteiger partial charge in [-0.3, -0.25) is 4.79 Å². The molecular formula is C23H15Cl2NO3. The Bertz CT molecular complexity index is 1230. The highest BCUT2D eigenvalue weighted by molar-refractivity contribution is 6.31. The van der Waals surface area contributed by atoms with Gasteiger partial charge in [0.1, 0.15) is 0 Å². The summed E-state index contributed by atoms with van der Waals surface area (Å²) in [4.78, 5) is 29.9. The molecule has 0 atom stereocenters. The average molecular weight is 424 g/mol. The molecule has 4 nitrogen and oxygen atoms in total. The van der Waals surface area contributed by atoms with Gasteiger partial charge >= 0.3 is 5.97 Å². The third-order valence-corrected chi connectivity index (χ3v) is 5.03. The first-order valence-electron chi connectivity index (χ1n) is 8.82. The first kappa shape index (κ1) is 19.2. The lowest BCUT2D eigenvalue weighted by atomic mass is 9.99. The fraction of sp³-hybridized carbons (Fsp3) is 0.0435. The molecule has 0 aliphatic carbocycles. The molecule has 0 aliphatic heterocycles. The third kappa shape index (κ3) is 3.90. The van der Waals surface area contributed by atoms with Crippen LogP contribution in [0.1, 0.15) is 22.8 Å². The van der Waals surface area contributed by atoms with Crippen LogP contribution in [0.5, 0.6) is 0 Å². The Morgan fingerprint density at radius 3 is 2.03 bits per heavy atom. The molecule has 0 amide bonds. The van der Waals surface area contributed by atoms with Crippen LogP contribution >= 0.6 is 23.2 Å². The van der Waals surface area contributed by atoms with E-state index >= 15 is 0 Å². The van der Waals surface area contributed by atoms with Crippen molar-refractivity contribution < 1.29 is 14.4 Å². The standard InChI is InChI=1S/C23H15Cl2NO3/c1-14(27)29-26-13-21(23(28)16-4-9-19(25)10-5-16)20-12-17(6-11-22(20)26)15-2-7-18(24)8-3-15/h2-13H,1H3. The van der Waals surface area contributed by atoms with Gasteiger partial charge in [0, 0.05) is 27.9 Å². The van der Waals surface area contributed by atoms with Crippen molar-refractivity contribution in [3.8, 4) is 11.1 Å². The lowest BCUT2D eigenvalue weighted by molar-refractivity contribution is -0.140. The van der Waals surface area contributed by atoms with E-state index in [2.05, 4.69) is 0 Å². The molecule has 0 unspecified atom stereocenters. The fourth-order valence-electron chi connectivity index (χ4n) is 3.17. The van der Waals surface area contributed by atoms with Crippen LogP contribution in [0.2, 0.25) is 10.0 Å². The van der Waals surface area contributed by atoms with Crippen LogP contribution < -0.4 is 4.84 Å². The van der Waals surface area contributed by atoms with Crippen LogP contribution in [0, 0.1) is 0 Å². The first-order chi connectivity index (χ1) is 13.9. The Morgan fingerprint density at radius 2 is 1.41 bits per heavy atom. The molecule has 1 heterocycles. The molecule has 144 valence electrons. The smallest absolute Gasteiger partial charge is 0.329 e. The lowest BCUT2D eigenvalue weighted by Gasteiger charge is -2.06. The zero-order valence-corrected chi connectivity index (χ0v) is 16.9. The SMILES string of the molecule is CC(=O)On1cc(C(=O)c2ccc(Cl)cc2)c2cc(-c3ccc(Cl)cc3)ccc21. The van der Waals surface area contributed by atoms with E-state index < -0.39 is 5.97 Å². The number of hydrogen-bond acceptors (Lipinski definition) is 3. The molecule has 0 fully saturated rings. The maximum absolute atomic E-state index is 13.1. The number of fused-ring (bicyclic) bond motifs is 1. The van der Waals surface area contributed by atoms with E-state index in [1.54, 1.807) is 24.3 Å². The van der Waals surface area contributed by atoms with Crippen LogP contribution in [0.4, 0.5) is 0 Å². The molecule has 0 aliphatic rings. The van der Waals surface area contributed by atoms with Crippen LogP contribution in [-0.2, 0) is 4.79 Å². The van der Waals surface area contributed by atoms with Gasteiger partial charge in [0.25, 0.3) is 0 Å². The third-order valence-electron chi connectivity index (χ3n) is 4.53. The van der Waals surface area contributed by atoms with Crippen molar-refractivity contribution in [1.29, 1.82) is 0 Å². The molecule has 6 heteroatoms. The van der Waals surface area contributed by atoms with Gasteiger partial charge in [0.15, 0.2) is 5.78 Å². The van der Waals surface area contributed by atoms with Gasteiger partial charge in [-0.25, -0.2) is 4.79 Å². The molecule has 29 heavy (non-hydrogen) atoms. The van der Waals surface area contributed by atoms with Gasteiger partial charge in [-0.1, -0.05) is 41.4 Å². The van der Waals surface area contributed by atoms with Crippen molar-refractivity contribution in [2.45, 2.75) is 6.92 Å². The number of hydrogen-bond donors (Lipinski definition) is 0. The van der Waals surface area contributed by atoms with Gasteiger partial charge in [-0.15, -0.1) is 0 Å². The second kappa shape index (κ2) is 7.74. The van der Waals surface area contributed by atoms with Crippen LogP contribution in [0.3, 0.4) is 0 Å². The monoisotopic (exact) mass is 423 g/mol. The molecule has 0 N–H and O–H groups in total. The van der Waals surface area contributed by atoms with Crippen molar-refractivity contribution in [1.82, 2.24) is 4.73 Å². The van der Waals surface area contributed by atoms with E-state index in [0.29, 0.717) is 32.1 Å². The number of halogens is 2. The number of carbonyl (C=O) groups is 2. The normalized spacial score (nSPS) is 10.9. The molecule has 3 aromatic carbocycles. The van der Waals surface area contributed by atoms with Crippen molar-refractivity contribution in [2.75, 3.05) is 0 Å². The van der Waals surface area contributed by atoms with Crippen molar-refractivity contribution in [3.05, 3.63) is 94.1 Å². The molecule has 1 aromatic heterocycles. The minimum absolute atomic E-state index is 0.189. The molecule has 0 saturated carbocycles. The second-order valence-corrected chi connectivity index (χ2v) is 7.40.